The summed E-state index contributed by atoms with van der Waals surface area (Å²) in [5.74, 6) is 0.950. The van der Waals surface area contributed by atoms with Crippen molar-refractivity contribution in [2.45, 2.75) is 18.6 Å². The van der Waals surface area contributed by atoms with Crippen molar-refractivity contribution < 1.29 is 12.8 Å². The first-order chi connectivity index (χ1) is 13.6. The third kappa shape index (κ3) is 4.34. The Kier molecular flexibility index (Phi) is 5.31. The van der Waals surface area contributed by atoms with Crippen molar-refractivity contribution in [1.82, 2.24) is 25.2 Å². The maximum Gasteiger partial charge on any atom is 0.236 e. The van der Waals surface area contributed by atoms with Gasteiger partial charge in [0.05, 0.1) is 27.8 Å². The summed E-state index contributed by atoms with van der Waals surface area (Å²) < 4.78 is 31.9. The number of para-hydroxylation sites is 1. The summed E-state index contributed by atoms with van der Waals surface area (Å²) in [5, 5.41) is 13.6. The van der Waals surface area contributed by atoms with Gasteiger partial charge in [0.25, 0.3) is 0 Å². The summed E-state index contributed by atoms with van der Waals surface area (Å²) in [6.07, 6.45) is 2.29. The predicted octanol–water partition coefficient (Wildman–Crippen LogP) is 2.93. The molecular weight excluding hydrogens is 398 g/mol. The molecule has 4 rings (SSSR count). The molecule has 0 unspecified atom stereocenters. The molecule has 0 bridgehead atoms. The number of tetrazole rings is 1. The zero-order chi connectivity index (χ0) is 19.4. The summed E-state index contributed by atoms with van der Waals surface area (Å²) in [4.78, 5) is 5.15. The second-order valence-corrected chi connectivity index (χ2v) is 9.29. The van der Waals surface area contributed by atoms with Crippen LogP contribution in [0, 0.1) is 0 Å². The fourth-order valence-electron chi connectivity index (χ4n) is 2.77. The quantitative estimate of drug-likeness (QED) is 0.436. The van der Waals surface area contributed by atoms with E-state index in [1.807, 2.05) is 47.8 Å². The van der Waals surface area contributed by atoms with Crippen molar-refractivity contribution in [3.05, 3.63) is 65.6 Å². The van der Waals surface area contributed by atoms with E-state index in [4.69, 9.17) is 4.42 Å². The molecule has 0 aliphatic rings. The SMILES string of the molecule is O=S(=O)(CCCc1nnnn1-c1ccccc1)Cc1coc(-c2cccs2)n1. The molecule has 0 N–H and O–H groups in total. The maximum atomic E-state index is 12.4. The standard InChI is InChI=1S/C18H17N5O3S2/c24-28(25,13-14-12-26-18(19-14)16-8-4-10-27-16)11-5-9-17-20-21-22-23(17)15-6-2-1-3-7-15/h1-4,6-8,10,12H,5,9,11,13H2. The van der Waals surface area contributed by atoms with Crippen LogP contribution in [0.5, 0.6) is 0 Å². The van der Waals surface area contributed by atoms with Gasteiger partial charge in [-0.3, -0.25) is 0 Å². The van der Waals surface area contributed by atoms with Crippen molar-refractivity contribution in [2.24, 2.45) is 0 Å². The van der Waals surface area contributed by atoms with E-state index in [0.29, 0.717) is 30.3 Å². The van der Waals surface area contributed by atoms with Crippen LogP contribution in [0.25, 0.3) is 16.5 Å². The second-order valence-electron chi connectivity index (χ2n) is 6.16. The average Bonchev–Trinajstić information content (AvgIpc) is 3.43. The monoisotopic (exact) mass is 415 g/mol. The van der Waals surface area contributed by atoms with Gasteiger partial charge in [0, 0.05) is 6.42 Å². The Balaban J connectivity index is 1.36. The molecule has 0 radical (unpaired) electrons. The topological polar surface area (TPSA) is 104 Å². The zero-order valence-electron chi connectivity index (χ0n) is 14.8. The van der Waals surface area contributed by atoms with Crippen molar-refractivity contribution in [3.63, 3.8) is 0 Å². The number of aromatic nitrogens is 5. The number of aryl methyl sites for hydroxylation is 1. The van der Waals surface area contributed by atoms with Gasteiger partial charge < -0.3 is 4.42 Å². The minimum atomic E-state index is -3.32. The summed E-state index contributed by atoms with van der Waals surface area (Å²) in [7, 11) is -3.32. The van der Waals surface area contributed by atoms with E-state index in [0.717, 1.165) is 10.6 Å². The van der Waals surface area contributed by atoms with Gasteiger partial charge in [0.15, 0.2) is 15.7 Å². The minimum Gasteiger partial charge on any atom is -0.444 e. The largest absolute Gasteiger partial charge is 0.444 e. The van der Waals surface area contributed by atoms with Crippen LogP contribution in [-0.2, 0) is 22.0 Å². The summed E-state index contributed by atoms with van der Waals surface area (Å²) in [5.41, 5.74) is 1.26. The number of sulfone groups is 1. The van der Waals surface area contributed by atoms with Crippen LogP contribution in [0.2, 0.25) is 0 Å². The number of hydrogen-bond acceptors (Lipinski definition) is 8. The van der Waals surface area contributed by atoms with Crippen LogP contribution < -0.4 is 0 Å². The number of rotatable bonds is 8. The van der Waals surface area contributed by atoms with E-state index >= 15 is 0 Å². The molecule has 1 aromatic carbocycles. The minimum absolute atomic E-state index is 0.0237. The van der Waals surface area contributed by atoms with Crippen molar-refractivity contribution in [3.8, 4) is 16.5 Å². The normalized spacial score (nSPS) is 11.7. The Bertz CT molecular complexity index is 1140. The lowest BCUT2D eigenvalue weighted by Crippen LogP contribution is -2.12. The number of nitrogens with zero attached hydrogens (tertiary/aromatic N) is 5. The van der Waals surface area contributed by atoms with Crippen LogP contribution in [0.4, 0.5) is 0 Å². The van der Waals surface area contributed by atoms with Crippen molar-refractivity contribution in [2.75, 3.05) is 5.75 Å². The highest BCUT2D eigenvalue weighted by molar-refractivity contribution is 7.90. The Hall–Kier alpha value is -2.85. The number of oxazole rings is 1. The van der Waals surface area contributed by atoms with E-state index in [1.54, 1.807) is 4.68 Å². The van der Waals surface area contributed by atoms with Crippen LogP contribution >= 0.6 is 11.3 Å². The van der Waals surface area contributed by atoms with Gasteiger partial charge in [-0.2, -0.15) is 4.68 Å². The summed E-state index contributed by atoms with van der Waals surface area (Å²) in [6.45, 7) is 0. The average molecular weight is 416 g/mol. The fourth-order valence-corrected chi connectivity index (χ4v) is 4.73. The molecule has 0 atom stereocenters. The lowest BCUT2D eigenvalue weighted by molar-refractivity contribution is 0.573. The van der Waals surface area contributed by atoms with Gasteiger partial charge in [0.1, 0.15) is 6.26 Å². The van der Waals surface area contributed by atoms with Gasteiger partial charge >= 0.3 is 0 Å². The van der Waals surface area contributed by atoms with Gasteiger partial charge in [0.2, 0.25) is 5.89 Å². The van der Waals surface area contributed by atoms with Crippen molar-refractivity contribution in [1.29, 1.82) is 0 Å². The smallest absolute Gasteiger partial charge is 0.236 e. The molecular formula is C18H17N5O3S2. The van der Waals surface area contributed by atoms with Crippen LogP contribution in [0.15, 0.2) is 58.5 Å². The number of thiophene rings is 1. The zero-order valence-corrected chi connectivity index (χ0v) is 16.4. The second kappa shape index (κ2) is 8.03. The lowest BCUT2D eigenvalue weighted by Gasteiger charge is -2.05. The molecule has 4 aromatic rings. The highest BCUT2D eigenvalue weighted by Gasteiger charge is 2.17. The van der Waals surface area contributed by atoms with E-state index in [2.05, 4.69) is 20.5 Å². The first kappa shape index (κ1) is 18.5. The van der Waals surface area contributed by atoms with Gasteiger partial charge in [-0.05, 0) is 40.4 Å². The van der Waals surface area contributed by atoms with E-state index < -0.39 is 9.84 Å². The highest BCUT2D eigenvalue weighted by atomic mass is 32.2. The van der Waals surface area contributed by atoms with Crippen LogP contribution in [0.1, 0.15) is 17.9 Å². The summed E-state index contributed by atoms with van der Waals surface area (Å²) in [6, 6.07) is 13.3. The van der Waals surface area contributed by atoms with Crippen LogP contribution in [0.3, 0.4) is 0 Å². The summed E-state index contributed by atoms with van der Waals surface area (Å²) >= 11 is 1.49. The number of benzene rings is 1. The molecule has 8 nitrogen and oxygen atoms in total. The number of hydrogen-bond donors (Lipinski definition) is 0. The third-order valence-electron chi connectivity index (χ3n) is 4.04. The first-order valence-corrected chi connectivity index (χ1v) is 11.3. The maximum absolute atomic E-state index is 12.4. The van der Waals surface area contributed by atoms with E-state index in [9.17, 15) is 8.42 Å². The molecule has 0 saturated carbocycles. The Morgan fingerprint density at radius 2 is 1.96 bits per heavy atom. The molecule has 0 amide bonds. The van der Waals surface area contributed by atoms with Gasteiger partial charge in [-0.15, -0.1) is 16.4 Å². The lowest BCUT2D eigenvalue weighted by atomic mass is 10.3. The van der Waals surface area contributed by atoms with Crippen LogP contribution in [-0.4, -0.2) is 39.4 Å². The van der Waals surface area contributed by atoms with Crippen molar-refractivity contribution >= 4 is 21.2 Å². The Morgan fingerprint density at radius 3 is 2.75 bits per heavy atom. The van der Waals surface area contributed by atoms with E-state index in [1.165, 1.54) is 17.6 Å². The molecule has 28 heavy (non-hydrogen) atoms. The highest BCUT2D eigenvalue weighted by Crippen LogP contribution is 2.24. The molecule has 0 spiro atoms. The Labute approximate surface area is 165 Å². The van der Waals surface area contributed by atoms with E-state index in [-0.39, 0.29) is 11.5 Å². The molecule has 10 heteroatoms. The molecule has 0 saturated heterocycles. The molecule has 0 fully saturated rings. The third-order valence-corrected chi connectivity index (χ3v) is 6.55. The van der Waals surface area contributed by atoms with Gasteiger partial charge in [-0.1, -0.05) is 24.3 Å². The molecule has 3 heterocycles. The fraction of sp³-hybridized carbons (Fsp3) is 0.222. The predicted molar refractivity (Wildman–Crippen MR) is 105 cm³/mol. The first-order valence-electron chi connectivity index (χ1n) is 8.62. The molecule has 0 aliphatic heterocycles. The molecule has 0 aliphatic carbocycles. The molecule has 3 aromatic heterocycles. The van der Waals surface area contributed by atoms with Gasteiger partial charge in [-0.25, -0.2) is 13.4 Å². The Morgan fingerprint density at radius 1 is 1.11 bits per heavy atom. The molecule has 144 valence electrons.